The van der Waals surface area contributed by atoms with Crippen LogP contribution in [0, 0.1) is 39.4 Å². The van der Waals surface area contributed by atoms with Gasteiger partial charge in [-0.15, -0.1) is 6.58 Å². The molecule has 7 atom stereocenters. The first kappa shape index (κ1) is 16.2. The Morgan fingerprint density at radius 1 is 1.18 bits per heavy atom. The minimum Gasteiger partial charge on any atom is -0.392 e. The monoisotopic (exact) mass is 303 g/mol. The molecule has 0 amide bonds. The zero-order valence-corrected chi connectivity index (χ0v) is 14.8. The summed E-state index contributed by atoms with van der Waals surface area (Å²) in [6.07, 6.45) is 8.23. The Bertz CT molecular complexity index is 500. The third-order valence-corrected chi connectivity index (χ3v) is 8.34. The Balaban J connectivity index is 2.15. The molecule has 2 nitrogen and oxygen atoms in total. The van der Waals surface area contributed by atoms with Crippen LogP contribution in [0.25, 0.3) is 0 Å². The zero-order chi connectivity index (χ0) is 16.3. The van der Waals surface area contributed by atoms with Gasteiger partial charge in [0.05, 0.1) is 6.10 Å². The molecule has 0 saturated heterocycles. The Morgan fingerprint density at radius 3 is 2.50 bits per heavy atom. The average Bonchev–Trinajstić information content (AvgIpc) is 2.86. The van der Waals surface area contributed by atoms with E-state index in [1.54, 1.807) is 0 Å². The van der Waals surface area contributed by atoms with Gasteiger partial charge in [-0.3, -0.25) is 0 Å². The van der Waals surface area contributed by atoms with Crippen LogP contribution in [0.15, 0.2) is 12.7 Å². The molecule has 3 saturated carbocycles. The molecule has 3 rings (SSSR count). The molecule has 3 fully saturated rings. The highest BCUT2D eigenvalue weighted by molar-refractivity contribution is 5.88. The van der Waals surface area contributed by atoms with Crippen molar-refractivity contribution in [3.63, 3.8) is 0 Å². The predicted octanol–water partition coefficient (Wildman–Crippen LogP) is 4.82. The lowest BCUT2D eigenvalue weighted by molar-refractivity contribution is -0.130. The first-order valence-corrected chi connectivity index (χ1v) is 9.10. The molecule has 124 valence electrons. The van der Waals surface area contributed by atoms with Crippen LogP contribution in [0.4, 0.5) is 0 Å². The van der Waals surface area contributed by atoms with Crippen molar-refractivity contribution in [3.05, 3.63) is 12.7 Å². The van der Waals surface area contributed by atoms with Gasteiger partial charge in [-0.2, -0.15) is 0 Å². The summed E-state index contributed by atoms with van der Waals surface area (Å²) < 4.78 is 0. The van der Waals surface area contributed by atoms with Crippen LogP contribution in [-0.2, 0) is 0 Å². The lowest BCUT2D eigenvalue weighted by atomic mass is 9.44. The van der Waals surface area contributed by atoms with Crippen LogP contribution in [0.3, 0.4) is 0 Å². The molecule has 3 aliphatic rings. The molecule has 2 heteroatoms. The van der Waals surface area contributed by atoms with E-state index in [2.05, 4.69) is 34.3 Å². The molecular formula is C20H33NO. The van der Waals surface area contributed by atoms with Crippen molar-refractivity contribution < 1.29 is 5.11 Å². The number of aliphatic hydroxyl groups is 1. The van der Waals surface area contributed by atoms with Crippen LogP contribution in [0.1, 0.15) is 66.2 Å². The fourth-order valence-electron chi connectivity index (χ4n) is 6.33. The number of hydrogen-bond donors (Lipinski definition) is 2. The maximum atomic E-state index is 11.1. The van der Waals surface area contributed by atoms with Crippen molar-refractivity contribution in [2.24, 2.45) is 34.0 Å². The van der Waals surface area contributed by atoms with Gasteiger partial charge in [0, 0.05) is 17.0 Å². The summed E-state index contributed by atoms with van der Waals surface area (Å²) in [5.41, 5.74) is 1.13. The van der Waals surface area contributed by atoms with Gasteiger partial charge in [-0.25, -0.2) is 0 Å². The maximum Gasteiger partial charge on any atom is 0.0659 e. The highest BCUT2D eigenvalue weighted by atomic mass is 16.3. The summed E-state index contributed by atoms with van der Waals surface area (Å²) in [6, 6.07) is 0. The van der Waals surface area contributed by atoms with Gasteiger partial charge in [0.2, 0.25) is 0 Å². The summed E-state index contributed by atoms with van der Waals surface area (Å²) in [5, 5.41) is 19.8. The predicted molar refractivity (Wildman–Crippen MR) is 92.1 cm³/mol. The summed E-state index contributed by atoms with van der Waals surface area (Å²) in [5.74, 6) is 1.29. The molecule has 3 aliphatic carbocycles. The summed E-state index contributed by atoms with van der Waals surface area (Å²) >= 11 is 0. The molecule has 22 heavy (non-hydrogen) atoms. The lowest BCUT2D eigenvalue weighted by Gasteiger charge is -2.60. The van der Waals surface area contributed by atoms with E-state index >= 15 is 0 Å². The Kier molecular flexibility index (Phi) is 3.64. The largest absolute Gasteiger partial charge is 0.392 e. The highest BCUT2D eigenvalue weighted by Gasteiger charge is 2.63. The quantitative estimate of drug-likeness (QED) is 0.670. The average molecular weight is 303 g/mol. The molecule has 0 aromatic carbocycles. The molecule has 0 spiro atoms. The van der Waals surface area contributed by atoms with Gasteiger partial charge in [0.25, 0.3) is 0 Å². The van der Waals surface area contributed by atoms with Crippen molar-refractivity contribution in [1.82, 2.24) is 0 Å². The normalized spacial score (nSPS) is 55.2. The van der Waals surface area contributed by atoms with Gasteiger partial charge in [0.15, 0.2) is 0 Å². The minimum atomic E-state index is -0.337. The van der Waals surface area contributed by atoms with Crippen molar-refractivity contribution >= 4 is 5.71 Å². The topological polar surface area (TPSA) is 44.1 Å². The Hall–Kier alpha value is -0.630. The zero-order valence-electron chi connectivity index (χ0n) is 14.8. The van der Waals surface area contributed by atoms with E-state index in [4.69, 9.17) is 5.41 Å². The van der Waals surface area contributed by atoms with E-state index < -0.39 is 0 Å². The maximum absolute atomic E-state index is 11.1. The molecule has 0 unspecified atom stereocenters. The first-order valence-electron chi connectivity index (χ1n) is 9.10. The van der Waals surface area contributed by atoms with Crippen molar-refractivity contribution in [2.75, 3.05) is 0 Å². The molecule has 0 aromatic rings. The van der Waals surface area contributed by atoms with Crippen molar-refractivity contribution in [2.45, 2.75) is 72.3 Å². The van der Waals surface area contributed by atoms with Crippen LogP contribution < -0.4 is 0 Å². The van der Waals surface area contributed by atoms with Gasteiger partial charge in [-0.1, -0.05) is 33.8 Å². The minimum absolute atomic E-state index is 0.141. The lowest BCUT2D eigenvalue weighted by Crippen LogP contribution is -2.57. The molecule has 0 heterocycles. The SMILES string of the molecule is C=C[C@]1(C)CC[C@]2(C)[C@H](C)CC[C@]3(CCC(=N)[C@@H]23)[C@@H](C)[C@@H]1O. The van der Waals surface area contributed by atoms with Crippen molar-refractivity contribution in [3.8, 4) is 0 Å². The van der Waals surface area contributed by atoms with Crippen LogP contribution >= 0.6 is 0 Å². The van der Waals surface area contributed by atoms with E-state index in [0.717, 1.165) is 31.4 Å². The van der Waals surface area contributed by atoms with E-state index in [0.29, 0.717) is 11.8 Å². The second kappa shape index (κ2) is 4.93. The fraction of sp³-hybridized carbons (Fsp3) is 0.850. The Morgan fingerprint density at radius 2 is 1.86 bits per heavy atom. The smallest absolute Gasteiger partial charge is 0.0659 e. The third-order valence-electron chi connectivity index (χ3n) is 8.34. The molecule has 2 bridgehead atoms. The number of aliphatic hydroxyl groups excluding tert-OH is 1. The first-order chi connectivity index (χ1) is 10.2. The van der Waals surface area contributed by atoms with Crippen LogP contribution in [0.5, 0.6) is 0 Å². The van der Waals surface area contributed by atoms with E-state index in [-0.39, 0.29) is 28.3 Å². The highest BCUT2D eigenvalue weighted by Crippen LogP contribution is 2.67. The van der Waals surface area contributed by atoms with Gasteiger partial charge >= 0.3 is 0 Å². The van der Waals surface area contributed by atoms with E-state index in [1.807, 2.05) is 6.08 Å². The van der Waals surface area contributed by atoms with Crippen LogP contribution in [-0.4, -0.2) is 16.9 Å². The number of rotatable bonds is 1. The molecule has 0 aromatic heterocycles. The van der Waals surface area contributed by atoms with Gasteiger partial charge < -0.3 is 10.5 Å². The Labute approximate surface area is 135 Å². The fourth-order valence-corrected chi connectivity index (χ4v) is 6.33. The number of hydrogen-bond acceptors (Lipinski definition) is 2. The summed E-state index contributed by atoms with van der Waals surface area (Å²) in [7, 11) is 0. The summed E-state index contributed by atoms with van der Waals surface area (Å²) in [4.78, 5) is 0. The second-order valence-corrected chi connectivity index (χ2v) is 9.08. The third kappa shape index (κ3) is 1.85. The molecule has 0 aliphatic heterocycles. The van der Waals surface area contributed by atoms with Crippen molar-refractivity contribution in [1.29, 1.82) is 5.41 Å². The van der Waals surface area contributed by atoms with E-state index in [1.165, 1.54) is 12.8 Å². The van der Waals surface area contributed by atoms with Gasteiger partial charge in [-0.05, 0) is 61.2 Å². The molecular weight excluding hydrogens is 270 g/mol. The number of nitrogens with one attached hydrogen (secondary N) is 1. The van der Waals surface area contributed by atoms with Gasteiger partial charge in [0.1, 0.15) is 0 Å². The van der Waals surface area contributed by atoms with E-state index in [9.17, 15) is 5.11 Å². The summed E-state index contributed by atoms with van der Waals surface area (Å²) in [6.45, 7) is 13.3. The second-order valence-electron chi connectivity index (χ2n) is 9.08. The molecule has 0 radical (unpaired) electrons. The van der Waals surface area contributed by atoms with Crippen LogP contribution in [0.2, 0.25) is 0 Å². The molecule has 2 N–H and O–H groups in total. The standard InChI is InChI=1S/C20H33NO/c1-6-18(4)11-12-19(5)13(2)7-9-20(14(3)17(18)22)10-8-15(21)16(19)20/h6,13-14,16-17,21-22H,1,7-12H2,2-5H3/t13-,14+,16+,17+,18-,19-,20+/m1/s1.